The fraction of sp³-hybridized carbons (Fsp3) is 0.571. The average molecular weight is 696 g/mol. The molecule has 1 aromatic heterocycles. The first-order valence-corrected chi connectivity index (χ1v) is 18.5. The molecule has 2 aromatic rings. The number of pyridine rings is 1. The van der Waals surface area contributed by atoms with Crippen LogP contribution in [-0.2, 0) is 40.5 Å². The highest BCUT2D eigenvalue weighted by Crippen LogP contribution is 2.45. The summed E-state index contributed by atoms with van der Waals surface area (Å²) in [4.78, 5) is 60.6. The molecule has 0 bridgehead atoms. The van der Waals surface area contributed by atoms with Gasteiger partial charge in [0.05, 0.1) is 23.5 Å². The third-order valence-corrected chi connectivity index (χ3v) is 11.8. The Labute approximate surface area is 286 Å². The zero-order valence-electron chi connectivity index (χ0n) is 28.1. The second-order valence-corrected chi connectivity index (χ2v) is 16.7. The summed E-state index contributed by atoms with van der Waals surface area (Å²) >= 11 is 0. The van der Waals surface area contributed by atoms with Gasteiger partial charge in [-0.15, -0.1) is 6.58 Å². The molecule has 5 atom stereocenters. The molecule has 2 heterocycles. The topological polar surface area (TPSA) is 173 Å². The van der Waals surface area contributed by atoms with Crippen LogP contribution >= 0.6 is 0 Å². The summed E-state index contributed by atoms with van der Waals surface area (Å²) in [5, 5.41) is 5.87. The quantitative estimate of drug-likeness (QED) is 0.282. The Morgan fingerprint density at radius 2 is 1.84 bits per heavy atom. The first-order chi connectivity index (χ1) is 23.2. The van der Waals surface area contributed by atoms with E-state index in [0.717, 1.165) is 35.7 Å². The molecule has 3 N–H and O–H groups in total. The van der Waals surface area contributed by atoms with Crippen molar-refractivity contribution in [1.82, 2.24) is 25.2 Å². The van der Waals surface area contributed by atoms with Crippen molar-refractivity contribution < 1.29 is 37.1 Å². The van der Waals surface area contributed by atoms with E-state index in [4.69, 9.17) is 9.47 Å². The Morgan fingerprint density at radius 3 is 2.47 bits per heavy atom. The number of carbonyl (C=O) groups excluding carboxylic acids is 4. The van der Waals surface area contributed by atoms with Gasteiger partial charge in [-0.3, -0.25) is 24.1 Å². The van der Waals surface area contributed by atoms with Crippen LogP contribution in [0.15, 0.2) is 49.2 Å². The summed E-state index contributed by atoms with van der Waals surface area (Å²) < 4.78 is 39.2. The number of nitrogens with one attached hydrogen (secondary N) is 3. The number of hydrogen-bond acceptors (Lipinski definition) is 9. The fourth-order valence-electron chi connectivity index (χ4n) is 6.53. The van der Waals surface area contributed by atoms with Gasteiger partial charge >= 0.3 is 6.09 Å². The summed E-state index contributed by atoms with van der Waals surface area (Å²) in [6.07, 6.45) is 5.48. The molecule has 14 heteroatoms. The molecule has 0 spiro atoms. The molecule has 264 valence electrons. The van der Waals surface area contributed by atoms with Gasteiger partial charge in [0.15, 0.2) is 0 Å². The number of likely N-dealkylation sites (tertiary alicyclic amines) is 1. The van der Waals surface area contributed by atoms with Crippen LogP contribution in [0.3, 0.4) is 0 Å². The van der Waals surface area contributed by atoms with Gasteiger partial charge < -0.3 is 25.0 Å². The van der Waals surface area contributed by atoms with Gasteiger partial charge in [-0.25, -0.2) is 13.2 Å². The smallest absolute Gasteiger partial charge is 0.408 e. The third kappa shape index (κ3) is 7.45. The van der Waals surface area contributed by atoms with Crippen LogP contribution in [0.1, 0.15) is 71.3 Å². The minimum Gasteiger partial charge on any atom is -0.446 e. The first-order valence-electron chi connectivity index (χ1n) is 16.9. The molecule has 4 aliphatic rings. The number of para-hydroxylation sites is 1. The van der Waals surface area contributed by atoms with Crippen molar-refractivity contribution in [3.63, 3.8) is 0 Å². The Morgan fingerprint density at radius 1 is 1.10 bits per heavy atom. The summed E-state index contributed by atoms with van der Waals surface area (Å²) in [5.74, 6) is -2.44. The number of aromatic nitrogens is 1. The molecule has 6 rings (SSSR count). The maximum atomic E-state index is 14.3. The number of amides is 4. The van der Waals surface area contributed by atoms with Gasteiger partial charge in [0.2, 0.25) is 21.8 Å². The van der Waals surface area contributed by atoms with Gasteiger partial charge in [-0.1, -0.05) is 51.1 Å². The Hall–Kier alpha value is -4.04. The highest BCUT2D eigenvalue weighted by molar-refractivity contribution is 7.91. The van der Waals surface area contributed by atoms with Gasteiger partial charge in [-0.2, -0.15) is 0 Å². The molecule has 1 aromatic carbocycles. The molecular formula is C35H45N5O8S. The van der Waals surface area contributed by atoms with Crippen LogP contribution in [0, 0.1) is 11.3 Å². The summed E-state index contributed by atoms with van der Waals surface area (Å²) in [7, 11) is -3.87. The normalized spacial score (nSPS) is 25.9. The summed E-state index contributed by atoms with van der Waals surface area (Å²) in [6.45, 7) is 9.41. The van der Waals surface area contributed by atoms with Crippen LogP contribution in [0.25, 0.3) is 10.9 Å². The average Bonchev–Trinajstić information content (AvgIpc) is 3.96. The van der Waals surface area contributed by atoms with E-state index >= 15 is 0 Å². The molecule has 13 nitrogen and oxygen atoms in total. The lowest BCUT2D eigenvalue weighted by atomic mass is 9.85. The number of hydrogen-bond donors (Lipinski definition) is 3. The van der Waals surface area contributed by atoms with Crippen LogP contribution in [0.4, 0.5) is 4.79 Å². The second kappa shape index (κ2) is 13.3. The highest BCUT2D eigenvalue weighted by atomic mass is 32.2. The lowest BCUT2D eigenvalue weighted by molar-refractivity contribution is -0.143. The van der Waals surface area contributed by atoms with Gasteiger partial charge in [0.1, 0.15) is 23.7 Å². The molecular weight excluding hydrogens is 650 g/mol. The molecule has 1 saturated heterocycles. The van der Waals surface area contributed by atoms with E-state index in [1.54, 1.807) is 6.20 Å². The SMILES string of the molecule is C=C[C@@H]1C[C@@]1(NC(=O)[C@@H]1C[C@@H](OCc2cccc3cccnc23)CN1C(=O)[C@@H](NC(=O)OC1CCC1)C(C)(C)C)C(=O)NS(=O)(=O)C1CC1. The number of fused-ring (bicyclic) bond motifs is 1. The number of carbonyl (C=O) groups is 4. The number of ether oxygens (including phenoxy) is 2. The van der Waals surface area contributed by atoms with E-state index < -0.39 is 74.1 Å². The number of nitrogens with zero attached hydrogens (tertiary/aromatic N) is 2. The maximum Gasteiger partial charge on any atom is 0.408 e. The van der Waals surface area contributed by atoms with Crippen molar-refractivity contribution in [2.24, 2.45) is 11.3 Å². The molecule has 3 saturated carbocycles. The number of rotatable bonds is 12. The lowest BCUT2D eigenvalue weighted by Gasteiger charge is -2.36. The Balaban J connectivity index is 1.23. The summed E-state index contributed by atoms with van der Waals surface area (Å²) in [6, 6.07) is 7.45. The third-order valence-electron chi connectivity index (χ3n) is 9.99. The maximum absolute atomic E-state index is 14.3. The number of alkyl carbamates (subject to hydrolysis) is 1. The molecule has 49 heavy (non-hydrogen) atoms. The van der Waals surface area contributed by atoms with E-state index in [0.29, 0.717) is 12.8 Å². The predicted molar refractivity (Wildman–Crippen MR) is 180 cm³/mol. The highest BCUT2D eigenvalue weighted by Gasteiger charge is 2.62. The van der Waals surface area contributed by atoms with Crippen LogP contribution in [0.5, 0.6) is 0 Å². The Kier molecular flexibility index (Phi) is 9.48. The monoisotopic (exact) mass is 695 g/mol. The van der Waals surface area contributed by atoms with Crippen molar-refractivity contribution in [1.29, 1.82) is 0 Å². The van der Waals surface area contributed by atoms with Crippen LogP contribution < -0.4 is 15.4 Å². The molecule has 1 aliphatic heterocycles. The Bertz CT molecular complexity index is 1750. The van der Waals surface area contributed by atoms with E-state index in [1.807, 2.05) is 51.1 Å². The number of sulfonamides is 1. The summed E-state index contributed by atoms with van der Waals surface area (Å²) in [5.41, 5.74) is -0.647. The predicted octanol–water partition coefficient (Wildman–Crippen LogP) is 3.08. The lowest BCUT2D eigenvalue weighted by Crippen LogP contribution is -2.60. The van der Waals surface area contributed by atoms with Crippen molar-refractivity contribution in [3.05, 3.63) is 54.7 Å². The van der Waals surface area contributed by atoms with Crippen LogP contribution in [-0.4, -0.2) is 83.7 Å². The van der Waals surface area contributed by atoms with E-state index in [-0.39, 0.29) is 32.1 Å². The van der Waals surface area contributed by atoms with Crippen molar-refractivity contribution in [2.75, 3.05) is 6.54 Å². The van der Waals surface area contributed by atoms with Crippen LogP contribution in [0.2, 0.25) is 0 Å². The minimum absolute atomic E-state index is 0.0428. The molecule has 3 aliphatic carbocycles. The number of benzene rings is 1. The van der Waals surface area contributed by atoms with E-state index in [9.17, 15) is 27.6 Å². The zero-order valence-corrected chi connectivity index (χ0v) is 29.0. The van der Waals surface area contributed by atoms with Crippen molar-refractivity contribution in [2.45, 2.75) is 107 Å². The molecule has 4 amide bonds. The second-order valence-electron chi connectivity index (χ2n) is 14.8. The van der Waals surface area contributed by atoms with Gasteiger partial charge in [0.25, 0.3) is 5.91 Å². The molecule has 0 unspecified atom stereocenters. The zero-order chi connectivity index (χ0) is 35.1. The van der Waals surface area contributed by atoms with Crippen molar-refractivity contribution >= 4 is 44.7 Å². The molecule has 4 fully saturated rings. The van der Waals surface area contributed by atoms with Gasteiger partial charge in [0, 0.05) is 36.0 Å². The van der Waals surface area contributed by atoms with Crippen molar-refractivity contribution in [3.8, 4) is 0 Å². The molecule has 0 radical (unpaired) electrons. The first kappa shape index (κ1) is 34.8. The fourth-order valence-corrected chi connectivity index (χ4v) is 7.89. The standard InChI is InChI=1S/C35H45N5O8S/c1-5-23-18-35(23,32(43)39-49(45,46)26-14-15-26)38-30(41)27-17-25(47-20-22-10-6-9-21-11-8-16-36-28(21)22)19-40(27)31(42)29(34(2,3)4)37-33(44)48-24-12-7-13-24/h5-6,8-11,16,23-27,29H,1,7,12-15,17-20H2,2-4H3,(H,37,44)(H,38,41)(H,39,43)/t23-,25-,27+,29-,35+/m1/s1. The largest absolute Gasteiger partial charge is 0.446 e. The van der Waals surface area contributed by atoms with Gasteiger partial charge in [-0.05, 0) is 50.0 Å². The van der Waals surface area contributed by atoms with E-state index in [2.05, 4.69) is 26.9 Å². The minimum atomic E-state index is -3.87. The van der Waals surface area contributed by atoms with E-state index in [1.165, 1.54) is 11.0 Å².